The number of fused-ring (bicyclic) bond motifs is 1. The first-order valence-corrected chi connectivity index (χ1v) is 6.13. The number of hydrazine groups is 1. The summed E-state index contributed by atoms with van der Waals surface area (Å²) in [4.78, 5) is 4.18. The van der Waals surface area contributed by atoms with Crippen molar-refractivity contribution in [3.05, 3.63) is 23.7 Å². The highest BCUT2D eigenvalue weighted by Crippen LogP contribution is 2.35. The van der Waals surface area contributed by atoms with Gasteiger partial charge < -0.3 is 5.32 Å². The molecule has 0 saturated heterocycles. The van der Waals surface area contributed by atoms with Gasteiger partial charge in [-0.15, -0.1) is 0 Å². The lowest BCUT2D eigenvalue weighted by molar-refractivity contribution is 0.169. The molecule has 1 unspecified atom stereocenters. The van der Waals surface area contributed by atoms with Crippen molar-refractivity contribution < 1.29 is 4.39 Å². The average molecular weight is 236 g/mol. The zero-order valence-electron chi connectivity index (χ0n) is 9.91. The minimum Gasteiger partial charge on any atom is -0.342 e. The lowest BCUT2D eigenvalue weighted by Crippen LogP contribution is -2.46. The van der Waals surface area contributed by atoms with E-state index in [0.29, 0.717) is 5.70 Å². The van der Waals surface area contributed by atoms with Crippen molar-refractivity contribution in [1.29, 1.82) is 0 Å². The van der Waals surface area contributed by atoms with Gasteiger partial charge in [0.2, 0.25) is 0 Å². The molecule has 0 spiro atoms. The van der Waals surface area contributed by atoms with Gasteiger partial charge in [0.25, 0.3) is 0 Å². The monoisotopic (exact) mass is 236 g/mol. The quantitative estimate of drug-likeness (QED) is 0.759. The summed E-state index contributed by atoms with van der Waals surface area (Å²) in [5.74, 6) is 1.85. The van der Waals surface area contributed by atoms with Crippen molar-refractivity contribution in [2.24, 2.45) is 10.9 Å². The number of hydrogen-bond donors (Lipinski definition) is 2. The number of amidine groups is 1. The highest BCUT2D eigenvalue weighted by Gasteiger charge is 2.34. The van der Waals surface area contributed by atoms with Crippen LogP contribution < -0.4 is 10.7 Å². The molecule has 0 amide bonds. The van der Waals surface area contributed by atoms with Crippen molar-refractivity contribution in [3.8, 4) is 0 Å². The van der Waals surface area contributed by atoms with Crippen LogP contribution in [0.25, 0.3) is 0 Å². The Morgan fingerprint density at radius 1 is 1.53 bits per heavy atom. The molecule has 3 aliphatic rings. The summed E-state index contributed by atoms with van der Waals surface area (Å²) >= 11 is 0. The lowest BCUT2D eigenvalue weighted by Gasteiger charge is -2.34. The van der Waals surface area contributed by atoms with Crippen LogP contribution in [0.1, 0.15) is 19.3 Å². The first kappa shape index (κ1) is 10.8. The molecular weight excluding hydrogens is 219 g/mol. The molecule has 1 aliphatic carbocycles. The highest BCUT2D eigenvalue weighted by atomic mass is 19.1. The smallest absolute Gasteiger partial charge is 0.145 e. The fourth-order valence-electron chi connectivity index (χ4n) is 2.41. The molecule has 4 nitrogen and oxygen atoms in total. The Morgan fingerprint density at radius 3 is 3.00 bits per heavy atom. The van der Waals surface area contributed by atoms with Gasteiger partial charge in [-0.3, -0.25) is 4.99 Å². The predicted molar refractivity (Wildman–Crippen MR) is 64.7 cm³/mol. The average Bonchev–Trinajstić information content (AvgIpc) is 2.73. The van der Waals surface area contributed by atoms with Gasteiger partial charge in [-0.05, 0) is 24.8 Å². The second-order valence-corrected chi connectivity index (χ2v) is 4.69. The standard InChI is InChI=1S/C12H17FN4/c1-14-11-7-9(12(13)8-3-2-4-8)16-10-5-6-15-17(10)11/h5,7-8,12,15-16H,2-4,6H2,1H3. The van der Waals surface area contributed by atoms with E-state index >= 15 is 0 Å². The normalized spacial score (nSPS) is 28.1. The van der Waals surface area contributed by atoms with Gasteiger partial charge in [-0.2, -0.15) is 0 Å². The topological polar surface area (TPSA) is 39.7 Å². The third-order valence-electron chi connectivity index (χ3n) is 3.66. The number of rotatable bonds is 2. The van der Waals surface area contributed by atoms with Gasteiger partial charge in [-0.1, -0.05) is 6.42 Å². The molecule has 3 rings (SSSR count). The van der Waals surface area contributed by atoms with Gasteiger partial charge in [0.15, 0.2) is 0 Å². The van der Waals surface area contributed by atoms with Crippen molar-refractivity contribution in [2.75, 3.05) is 13.6 Å². The second kappa shape index (κ2) is 4.14. The maximum atomic E-state index is 14.2. The molecule has 0 bridgehead atoms. The Labute approximate surface area is 100 Å². The van der Waals surface area contributed by atoms with Crippen LogP contribution in [0.2, 0.25) is 0 Å². The summed E-state index contributed by atoms with van der Waals surface area (Å²) in [6, 6.07) is 0. The molecule has 2 heterocycles. The lowest BCUT2D eigenvalue weighted by atomic mass is 9.80. The number of allylic oxidation sites excluding steroid dienone is 1. The molecule has 2 aliphatic heterocycles. The third-order valence-corrected chi connectivity index (χ3v) is 3.66. The Hall–Kier alpha value is -1.36. The maximum Gasteiger partial charge on any atom is 0.145 e. The van der Waals surface area contributed by atoms with Crippen LogP contribution in [-0.4, -0.2) is 30.6 Å². The van der Waals surface area contributed by atoms with E-state index in [1.54, 1.807) is 13.1 Å². The number of aliphatic imine (C=N–C) groups is 1. The first-order chi connectivity index (χ1) is 8.29. The van der Waals surface area contributed by atoms with Crippen molar-refractivity contribution >= 4 is 5.84 Å². The first-order valence-electron chi connectivity index (χ1n) is 6.13. The van der Waals surface area contributed by atoms with E-state index in [1.165, 1.54) is 0 Å². The van der Waals surface area contributed by atoms with Crippen LogP contribution in [0.5, 0.6) is 0 Å². The number of hydrogen-bond acceptors (Lipinski definition) is 3. The molecule has 5 heteroatoms. The van der Waals surface area contributed by atoms with E-state index in [1.807, 2.05) is 11.1 Å². The largest absolute Gasteiger partial charge is 0.342 e. The SMILES string of the molecule is CN=C1C=C(C(F)C2CCC2)NC2=CCNN21. The summed E-state index contributed by atoms with van der Waals surface area (Å²) in [7, 11) is 1.73. The fourth-order valence-corrected chi connectivity index (χ4v) is 2.41. The molecule has 0 aromatic carbocycles. The summed E-state index contributed by atoms with van der Waals surface area (Å²) < 4.78 is 14.2. The predicted octanol–water partition coefficient (Wildman–Crippen LogP) is 1.30. The zero-order chi connectivity index (χ0) is 11.8. The summed E-state index contributed by atoms with van der Waals surface area (Å²) in [5, 5.41) is 5.02. The van der Waals surface area contributed by atoms with Crippen LogP contribution in [-0.2, 0) is 0 Å². The molecule has 1 atom stereocenters. The molecule has 0 radical (unpaired) electrons. The summed E-state index contributed by atoms with van der Waals surface area (Å²) in [5.41, 5.74) is 3.81. The van der Waals surface area contributed by atoms with E-state index in [9.17, 15) is 4.39 Å². The number of halogens is 1. The summed E-state index contributed by atoms with van der Waals surface area (Å²) in [6.45, 7) is 0.753. The maximum absolute atomic E-state index is 14.2. The molecule has 2 N–H and O–H groups in total. The van der Waals surface area contributed by atoms with Crippen LogP contribution >= 0.6 is 0 Å². The molecule has 0 aromatic heterocycles. The number of nitrogens with one attached hydrogen (secondary N) is 2. The van der Waals surface area contributed by atoms with Crippen molar-refractivity contribution in [2.45, 2.75) is 25.4 Å². The minimum absolute atomic E-state index is 0.188. The highest BCUT2D eigenvalue weighted by molar-refractivity contribution is 5.95. The number of alkyl halides is 1. The van der Waals surface area contributed by atoms with Gasteiger partial charge >= 0.3 is 0 Å². The third kappa shape index (κ3) is 1.74. The fraction of sp³-hybridized carbons (Fsp3) is 0.583. The zero-order valence-corrected chi connectivity index (χ0v) is 9.91. The second-order valence-electron chi connectivity index (χ2n) is 4.69. The molecule has 1 fully saturated rings. The van der Waals surface area contributed by atoms with Crippen molar-refractivity contribution in [1.82, 2.24) is 15.8 Å². The summed E-state index contributed by atoms with van der Waals surface area (Å²) in [6.07, 6.45) is 6.08. The van der Waals surface area contributed by atoms with E-state index in [4.69, 9.17) is 0 Å². The molecular formula is C12H17FN4. The van der Waals surface area contributed by atoms with E-state index in [2.05, 4.69) is 15.7 Å². The molecule has 1 saturated carbocycles. The van der Waals surface area contributed by atoms with E-state index in [0.717, 1.165) is 37.5 Å². The minimum atomic E-state index is -0.885. The van der Waals surface area contributed by atoms with Gasteiger partial charge in [0.1, 0.15) is 17.8 Å². The Morgan fingerprint density at radius 2 is 2.35 bits per heavy atom. The van der Waals surface area contributed by atoms with E-state index in [-0.39, 0.29) is 5.92 Å². The Bertz CT molecular complexity index is 409. The van der Waals surface area contributed by atoms with Gasteiger partial charge in [-0.25, -0.2) is 14.8 Å². The van der Waals surface area contributed by atoms with Crippen molar-refractivity contribution in [3.63, 3.8) is 0 Å². The van der Waals surface area contributed by atoms with Crippen LogP contribution in [0.4, 0.5) is 4.39 Å². The Kier molecular flexibility index (Phi) is 2.63. The Balaban J connectivity index is 1.84. The molecule has 0 aromatic rings. The van der Waals surface area contributed by atoms with Gasteiger partial charge in [0, 0.05) is 19.7 Å². The van der Waals surface area contributed by atoms with Crippen LogP contribution in [0.15, 0.2) is 28.7 Å². The molecule has 17 heavy (non-hydrogen) atoms. The van der Waals surface area contributed by atoms with Crippen LogP contribution in [0, 0.1) is 5.92 Å². The molecule has 92 valence electrons. The number of nitrogens with zero attached hydrogens (tertiary/aromatic N) is 2. The van der Waals surface area contributed by atoms with E-state index < -0.39 is 6.17 Å². The van der Waals surface area contributed by atoms with Crippen LogP contribution in [0.3, 0.4) is 0 Å². The van der Waals surface area contributed by atoms with Gasteiger partial charge in [0.05, 0.1) is 5.70 Å².